The first-order valence-corrected chi connectivity index (χ1v) is 9.58. The molecule has 0 aliphatic rings. The molecular weight excluding hydrogens is 394 g/mol. The number of benzene rings is 3. The van der Waals surface area contributed by atoms with Crippen LogP contribution in [0.1, 0.15) is 16.7 Å². The van der Waals surface area contributed by atoms with Crippen LogP contribution in [0.2, 0.25) is 0 Å². The molecule has 31 heavy (non-hydrogen) atoms. The van der Waals surface area contributed by atoms with Gasteiger partial charge in [0, 0.05) is 11.6 Å². The Morgan fingerprint density at radius 2 is 1.23 bits per heavy atom. The lowest BCUT2D eigenvalue weighted by Gasteiger charge is -2.28. The normalized spacial score (nSPS) is 11.6. The highest BCUT2D eigenvalue weighted by Crippen LogP contribution is 2.30. The van der Waals surface area contributed by atoms with Crippen molar-refractivity contribution in [3.05, 3.63) is 114 Å². The third-order valence-corrected chi connectivity index (χ3v) is 4.76. The number of rotatable bonds is 8. The smallest absolute Gasteiger partial charge is 0.292 e. The van der Waals surface area contributed by atoms with Crippen molar-refractivity contribution in [1.82, 2.24) is 5.32 Å². The van der Waals surface area contributed by atoms with Crippen molar-refractivity contribution in [3.8, 4) is 0 Å². The van der Waals surface area contributed by atoms with E-state index in [0.29, 0.717) is 16.7 Å². The first-order chi connectivity index (χ1) is 14.9. The Labute approximate surface area is 179 Å². The summed E-state index contributed by atoms with van der Waals surface area (Å²) in [6, 6.07) is 25.0. The van der Waals surface area contributed by atoms with Crippen LogP contribution in [0.25, 0.3) is 5.76 Å². The van der Waals surface area contributed by atoms with E-state index >= 15 is 0 Å². The number of carbonyl (C=O) groups is 3. The second-order valence-electron chi connectivity index (χ2n) is 6.81. The van der Waals surface area contributed by atoms with Gasteiger partial charge in [-0.05, 0) is 11.1 Å². The highest BCUT2D eigenvalue weighted by atomic mass is 16.3. The zero-order valence-corrected chi connectivity index (χ0v) is 16.6. The molecule has 0 aliphatic heterocycles. The molecule has 156 valence electrons. The van der Waals surface area contributed by atoms with Crippen LogP contribution >= 0.6 is 0 Å². The maximum atomic E-state index is 13.0. The Hall–Kier alpha value is -4.03. The van der Waals surface area contributed by atoms with E-state index in [4.69, 9.17) is 0 Å². The van der Waals surface area contributed by atoms with Crippen LogP contribution < -0.4 is 5.32 Å². The fourth-order valence-corrected chi connectivity index (χ4v) is 3.10. The summed E-state index contributed by atoms with van der Waals surface area (Å²) in [5, 5.41) is 23.6. The van der Waals surface area contributed by atoms with Crippen molar-refractivity contribution >= 4 is 23.2 Å². The van der Waals surface area contributed by atoms with E-state index in [0.717, 1.165) is 6.08 Å². The predicted molar refractivity (Wildman–Crippen MR) is 116 cm³/mol. The molecular formula is C25H21NO5. The molecule has 0 unspecified atom stereocenters. The first-order valence-electron chi connectivity index (χ1n) is 9.58. The van der Waals surface area contributed by atoms with Gasteiger partial charge in [-0.2, -0.15) is 0 Å². The molecule has 1 amide bonds. The topological polar surface area (TPSA) is 104 Å². The van der Waals surface area contributed by atoms with E-state index in [1.165, 1.54) is 0 Å². The summed E-state index contributed by atoms with van der Waals surface area (Å²) in [7, 11) is 0. The molecule has 0 heterocycles. The van der Waals surface area contributed by atoms with Crippen molar-refractivity contribution in [2.45, 2.75) is 5.60 Å². The fraction of sp³-hybridized carbons (Fsp3) is 0.0800. The summed E-state index contributed by atoms with van der Waals surface area (Å²) < 4.78 is 0. The minimum atomic E-state index is -2.00. The molecule has 3 aromatic carbocycles. The van der Waals surface area contributed by atoms with E-state index in [2.05, 4.69) is 5.32 Å². The van der Waals surface area contributed by atoms with Gasteiger partial charge < -0.3 is 15.5 Å². The standard InChI is InChI=1S/C25H21NO5/c27-21(18-10-4-1-5-11-18)16-22(28)24(30)26-17-23(29)25(31,19-12-6-2-7-13-19)20-14-8-3-9-15-20/h1-16,27,31H,17H2,(H,26,30)/b21-16-. The summed E-state index contributed by atoms with van der Waals surface area (Å²) in [5.41, 5.74) is -0.940. The van der Waals surface area contributed by atoms with Crippen molar-refractivity contribution in [2.75, 3.05) is 6.54 Å². The second-order valence-corrected chi connectivity index (χ2v) is 6.81. The van der Waals surface area contributed by atoms with Crippen molar-refractivity contribution in [2.24, 2.45) is 0 Å². The number of ketones is 2. The Balaban J connectivity index is 1.76. The van der Waals surface area contributed by atoms with Gasteiger partial charge in [0.15, 0.2) is 11.4 Å². The molecule has 0 spiro atoms. The van der Waals surface area contributed by atoms with E-state index < -0.39 is 29.6 Å². The number of amides is 1. The minimum absolute atomic E-state index is 0.341. The van der Waals surface area contributed by atoms with Gasteiger partial charge in [-0.15, -0.1) is 0 Å². The molecule has 0 fully saturated rings. The largest absolute Gasteiger partial charge is 0.507 e. The molecule has 0 aromatic heterocycles. The van der Waals surface area contributed by atoms with Gasteiger partial charge >= 0.3 is 0 Å². The number of aliphatic hydroxyl groups excluding tert-OH is 1. The molecule has 0 atom stereocenters. The average molecular weight is 415 g/mol. The summed E-state index contributed by atoms with van der Waals surface area (Å²) in [4.78, 5) is 37.3. The highest BCUT2D eigenvalue weighted by molar-refractivity contribution is 6.41. The molecule has 3 N–H and O–H groups in total. The van der Waals surface area contributed by atoms with Crippen molar-refractivity contribution in [1.29, 1.82) is 0 Å². The highest BCUT2D eigenvalue weighted by Gasteiger charge is 2.39. The predicted octanol–water partition coefficient (Wildman–Crippen LogP) is 2.78. The van der Waals surface area contributed by atoms with Gasteiger partial charge in [-0.25, -0.2) is 0 Å². The summed E-state index contributed by atoms with van der Waals surface area (Å²) in [5.74, 6) is -3.16. The third kappa shape index (κ3) is 4.94. The van der Waals surface area contributed by atoms with E-state index in [1.807, 2.05) is 0 Å². The van der Waals surface area contributed by atoms with Crippen LogP contribution in [0.4, 0.5) is 0 Å². The van der Waals surface area contributed by atoms with Gasteiger partial charge in [-0.3, -0.25) is 14.4 Å². The van der Waals surface area contributed by atoms with E-state index in [9.17, 15) is 24.6 Å². The number of hydrogen-bond acceptors (Lipinski definition) is 5. The molecule has 3 aromatic rings. The minimum Gasteiger partial charge on any atom is -0.507 e. The lowest BCUT2D eigenvalue weighted by Crippen LogP contribution is -2.45. The van der Waals surface area contributed by atoms with Gasteiger partial charge in [0.05, 0.1) is 6.54 Å². The molecule has 3 rings (SSSR count). The number of Topliss-reactive ketones (excluding diaryl/α,β-unsaturated/α-hetero) is 1. The van der Waals surface area contributed by atoms with Gasteiger partial charge in [0.2, 0.25) is 5.78 Å². The Kier molecular flexibility index (Phi) is 6.74. The van der Waals surface area contributed by atoms with Crippen LogP contribution in [-0.4, -0.2) is 34.2 Å². The van der Waals surface area contributed by atoms with Crippen molar-refractivity contribution < 1.29 is 24.6 Å². The molecule has 0 bridgehead atoms. The monoisotopic (exact) mass is 415 g/mol. The number of nitrogens with one attached hydrogen (secondary N) is 1. The molecule has 0 saturated carbocycles. The summed E-state index contributed by atoms with van der Waals surface area (Å²) in [6.45, 7) is -0.579. The summed E-state index contributed by atoms with van der Waals surface area (Å²) >= 11 is 0. The summed E-state index contributed by atoms with van der Waals surface area (Å²) in [6.07, 6.45) is 0.787. The lowest BCUT2D eigenvalue weighted by atomic mass is 9.82. The van der Waals surface area contributed by atoms with E-state index in [-0.39, 0.29) is 5.76 Å². The lowest BCUT2D eigenvalue weighted by molar-refractivity contribution is -0.138. The zero-order chi connectivity index (χ0) is 22.3. The molecule has 6 heteroatoms. The quantitative estimate of drug-likeness (QED) is 0.298. The molecule has 6 nitrogen and oxygen atoms in total. The molecule has 0 aliphatic carbocycles. The average Bonchev–Trinajstić information content (AvgIpc) is 2.83. The van der Waals surface area contributed by atoms with Crippen LogP contribution in [-0.2, 0) is 20.0 Å². The van der Waals surface area contributed by atoms with E-state index in [1.54, 1.807) is 91.0 Å². The Morgan fingerprint density at radius 3 is 1.71 bits per heavy atom. The maximum Gasteiger partial charge on any atom is 0.292 e. The number of hydrogen-bond donors (Lipinski definition) is 3. The molecule has 0 saturated heterocycles. The Bertz CT molecular complexity index is 1050. The number of aliphatic hydroxyl groups is 2. The van der Waals surface area contributed by atoms with Crippen LogP contribution in [0.3, 0.4) is 0 Å². The van der Waals surface area contributed by atoms with Crippen molar-refractivity contribution in [3.63, 3.8) is 0 Å². The SMILES string of the molecule is O=C(/C=C(\O)c1ccccc1)C(=O)NCC(=O)C(O)(c1ccccc1)c1ccccc1. The first kappa shape index (κ1) is 21.7. The third-order valence-electron chi connectivity index (χ3n) is 4.76. The fourth-order valence-electron chi connectivity index (χ4n) is 3.10. The van der Waals surface area contributed by atoms with Crippen LogP contribution in [0.5, 0.6) is 0 Å². The zero-order valence-electron chi connectivity index (χ0n) is 16.6. The number of carbonyl (C=O) groups excluding carboxylic acids is 3. The van der Waals surface area contributed by atoms with Gasteiger partial charge in [0.1, 0.15) is 5.76 Å². The van der Waals surface area contributed by atoms with Crippen LogP contribution in [0, 0.1) is 0 Å². The van der Waals surface area contributed by atoms with Gasteiger partial charge in [-0.1, -0.05) is 91.0 Å². The maximum absolute atomic E-state index is 13.0. The van der Waals surface area contributed by atoms with Crippen LogP contribution in [0.15, 0.2) is 97.1 Å². The Morgan fingerprint density at radius 1 is 0.774 bits per heavy atom. The molecule has 0 radical (unpaired) electrons. The second kappa shape index (κ2) is 9.65. The van der Waals surface area contributed by atoms with Gasteiger partial charge in [0.25, 0.3) is 5.91 Å².